The number of hydrogen-bond acceptors (Lipinski definition) is 3. The lowest BCUT2D eigenvalue weighted by atomic mass is 10.1. The predicted molar refractivity (Wildman–Crippen MR) is 60.4 cm³/mol. The first-order chi connectivity index (χ1) is 7.68. The van der Waals surface area contributed by atoms with Crippen molar-refractivity contribution in [3.63, 3.8) is 0 Å². The third-order valence-corrected chi connectivity index (χ3v) is 3.59. The Morgan fingerprint density at radius 1 is 1.44 bits per heavy atom. The molecule has 1 saturated heterocycles. The van der Waals surface area contributed by atoms with Gasteiger partial charge in [-0.25, -0.2) is 9.69 Å². The van der Waals surface area contributed by atoms with Crippen LogP contribution in [0.3, 0.4) is 0 Å². The zero-order chi connectivity index (χ0) is 11.5. The minimum absolute atomic E-state index is 0.171. The molecule has 0 spiro atoms. The molecule has 0 bridgehead atoms. The first kappa shape index (κ1) is 11.0. The molecule has 2 rings (SSSR count). The van der Waals surface area contributed by atoms with Gasteiger partial charge in [-0.15, -0.1) is 11.8 Å². The van der Waals surface area contributed by atoms with Gasteiger partial charge in [-0.2, -0.15) is 0 Å². The number of β-lactam (4-membered cyclic amide) rings is 1. The molecule has 16 heavy (non-hydrogen) atoms. The average molecular weight is 237 g/mol. The Morgan fingerprint density at radius 3 is 2.69 bits per heavy atom. The molecule has 0 saturated carbocycles. The summed E-state index contributed by atoms with van der Waals surface area (Å²) in [7, 11) is 0. The third kappa shape index (κ3) is 2.19. The van der Waals surface area contributed by atoms with Gasteiger partial charge in [0.25, 0.3) is 0 Å². The molecule has 0 radical (unpaired) electrons. The van der Waals surface area contributed by atoms with Crippen molar-refractivity contribution in [1.82, 2.24) is 4.90 Å². The summed E-state index contributed by atoms with van der Waals surface area (Å²) in [5, 5.41) is 8.77. The van der Waals surface area contributed by atoms with Crippen LogP contribution in [-0.2, 0) is 4.79 Å². The number of carbonyl (C=O) groups is 2. The Labute approximate surface area is 97.3 Å². The second kappa shape index (κ2) is 4.57. The van der Waals surface area contributed by atoms with Gasteiger partial charge in [-0.05, 0) is 12.1 Å². The summed E-state index contributed by atoms with van der Waals surface area (Å²) in [6.07, 6.45) is -0.804. The van der Waals surface area contributed by atoms with Crippen LogP contribution in [0.5, 0.6) is 0 Å². The first-order valence-corrected chi connectivity index (χ1v) is 5.90. The number of imide groups is 1. The predicted octanol–water partition coefficient (Wildman–Crippen LogP) is 2.06. The fourth-order valence-corrected chi connectivity index (χ4v) is 2.59. The van der Waals surface area contributed by atoms with Crippen molar-refractivity contribution in [2.24, 2.45) is 0 Å². The van der Waals surface area contributed by atoms with Crippen LogP contribution in [0.25, 0.3) is 0 Å². The van der Waals surface area contributed by atoms with E-state index < -0.39 is 6.09 Å². The highest BCUT2D eigenvalue weighted by molar-refractivity contribution is 7.99. The number of carboxylic acid groups (broad SMARTS) is 1. The first-order valence-electron chi connectivity index (χ1n) is 4.91. The fourth-order valence-electron chi connectivity index (χ4n) is 1.59. The highest BCUT2D eigenvalue weighted by Gasteiger charge is 2.40. The molecular weight excluding hydrogens is 226 g/mol. The van der Waals surface area contributed by atoms with Gasteiger partial charge >= 0.3 is 6.09 Å². The molecule has 1 N–H and O–H groups in total. The van der Waals surface area contributed by atoms with E-state index in [1.54, 1.807) is 11.8 Å². The van der Waals surface area contributed by atoms with Crippen LogP contribution >= 0.6 is 11.8 Å². The maximum absolute atomic E-state index is 11.0. The van der Waals surface area contributed by atoms with Crippen LogP contribution in [0.4, 0.5) is 4.79 Å². The summed E-state index contributed by atoms with van der Waals surface area (Å²) in [5.74, 6) is 0.327. The summed E-state index contributed by atoms with van der Waals surface area (Å²) in [4.78, 5) is 23.7. The Bertz CT molecular complexity index is 399. The Balaban J connectivity index is 1.88. The number of benzene rings is 1. The minimum atomic E-state index is -1.14. The van der Waals surface area contributed by atoms with E-state index in [9.17, 15) is 9.59 Å². The summed E-state index contributed by atoms with van der Waals surface area (Å²) in [5.41, 5.74) is 0. The SMILES string of the molecule is O=C(O)N1C(=O)C[C@@H]1CSc1ccccc1. The number of carbonyl (C=O) groups excluding carboxylic acids is 1. The van der Waals surface area contributed by atoms with Crippen LogP contribution in [0.2, 0.25) is 0 Å². The molecule has 2 amide bonds. The van der Waals surface area contributed by atoms with Crippen molar-refractivity contribution >= 4 is 23.8 Å². The number of amides is 2. The second-order valence-corrected chi connectivity index (χ2v) is 4.62. The number of nitrogens with zero attached hydrogens (tertiary/aromatic N) is 1. The van der Waals surface area contributed by atoms with Gasteiger partial charge in [0.15, 0.2) is 0 Å². The molecule has 1 aromatic rings. The van der Waals surface area contributed by atoms with E-state index in [1.807, 2.05) is 30.3 Å². The molecule has 1 aliphatic rings. The van der Waals surface area contributed by atoms with E-state index in [-0.39, 0.29) is 11.9 Å². The number of likely N-dealkylation sites (tertiary alicyclic amines) is 1. The molecule has 0 aromatic heterocycles. The average Bonchev–Trinajstić information content (AvgIpc) is 2.24. The van der Waals surface area contributed by atoms with Gasteiger partial charge in [0, 0.05) is 17.1 Å². The molecule has 1 fully saturated rings. The van der Waals surface area contributed by atoms with Crippen LogP contribution < -0.4 is 0 Å². The highest BCUT2D eigenvalue weighted by Crippen LogP contribution is 2.26. The van der Waals surface area contributed by atoms with Gasteiger partial charge in [0.1, 0.15) is 0 Å². The fraction of sp³-hybridized carbons (Fsp3) is 0.273. The molecular formula is C11H11NO3S. The summed E-state index contributed by atoms with van der Waals surface area (Å²) < 4.78 is 0. The Kier molecular flexibility index (Phi) is 3.14. The highest BCUT2D eigenvalue weighted by atomic mass is 32.2. The van der Waals surface area contributed by atoms with Gasteiger partial charge in [-0.3, -0.25) is 4.79 Å². The molecule has 5 heteroatoms. The Morgan fingerprint density at radius 2 is 2.12 bits per heavy atom. The van der Waals surface area contributed by atoms with E-state index in [0.717, 1.165) is 9.80 Å². The van der Waals surface area contributed by atoms with E-state index in [0.29, 0.717) is 12.2 Å². The van der Waals surface area contributed by atoms with E-state index >= 15 is 0 Å². The van der Waals surface area contributed by atoms with Crippen LogP contribution in [0, 0.1) is 0 Å². The molecule has 0 unspecified atom stereocenters. The van der Waals surface area contributed by atoms with Crippen molar-refractivity contribution in [3.8, 4) is 0 Å². The van der Waals surface area contributed by atoms with Crippen LogP contribution in [0.15, 0.2) is 35.2 Å². The van der Waals surface area contributed by atoms with Gasteiger partial charge in [0.05, 0.1) is 6.04 Å². The number of thioether (sulfide) groups is 1. The lowest BCUT2D eigenvalue weighted by Gasteiger charge is -2.35. The molecule has 84 valence electrons. The molecule has 1 aliphatic heterocycles. The molecule has 0 aliphatic carbocycles. The normalized spacial score (nSPS) is 19.4. The third-order valence-electron chi connectivity index (χ3n) is 2.44. The van der Waals surface area contributed by atoms with Crippen LogP contribution in [0.1, 0.15) is 6.42 Å². The monoisotopic (exact) mass is 237 g/mol. The molecule has 4 nitrogen and oxygen atoms in total. The lowest BCUT2D eigenvalue weighted by Crippen LogP contribution is -2.56. The zero-order valence-electron chi connectivity index (χ0n) is 8.50. The smallest absolute Gasteiger partial charge is 0.414 e. The Hall–Kier alpha value is -1.49. The number of hydrogen-bond donors (Lipinski definition) is 1. The molecule has 1 heterocycles. The summed E-state index contributed by atoms with van der Waals surface area (Å²) in [6.45, 7) is 0. The maximum Gasteiger partial charge on any atom is 0.414 e. The maximum atomic E-state index is 11.0. The minimum Gasteiger partial charge on any atom is -0.465 e. The van der Waals surface area contributed by atoms with Crippen molar-refractivity contribution in [2.45, 2.75) is 17.4 Å². The summed E-state index contributed by atoms with van der Waals surface area (Å²) >= 11 is 1.57. The zero-order valence-corrected chi connectivity index (χ0v) is 9.31. The number of rotatable bonds is 3. The van der Waals surface area contributed by atoms with Crippen molar-refractivity contribution in [3.05, 3.63) is 30.3 Å². The standard InChI is InChI=1S/C11H11NO3S/c13-10-6-8(12(10)11(14)15)7-16-9-4-2-1-3-5-9/h1-5,8H,6-7H2,(H,14,15)/t8-/m1/s1. The lowest BCUT2D eigenvalue weighted by molar-refractivity contribution is -0.140. The second-order valence-electron chi connectivity index (χ2n) is 3.53. The van der Waals surface area contributed by atoms with E-state index in [4.69, 9.17) is 5.11 Å². The quantitative estimate of drug-likeness (QED) is 0.645. The molecule has 1 atom stereocenters. The van der Waals surface area contributed by atoms with E-state index in [1.165, 1.54) is 0 Å². The van der Waals surface area contributed by atoms with Crippen molar-refractivity contribution in [1.29, 1.82) is 0 Å². The van der Waals surface area contributed by atoms with Gasteiger partial charge in [0.2, 0.25) is 5.91 Å². The van der Waals surface area contributed by atoms with E-state index in [2.05, 4.69) is 0 Å². The van der Waals surface area contributed by atoms with Crippen molar-refractivity contribution < 1.29 is 14.7 Å². The van der Waals surface area contributed by atoms with Crippen molar-refractivity contribution in [2.75, 3.05) is 5.75 Å². The largest absolute Gasteiger partial charge is 0.465 e. The van der Waals surface area contributed by atoms with Gasteiger partial charge < -0.3 is 5.11 Å². The van der Waals surface area contributed by atoms with Gasteiger partial charge in [-0.1, -0.05) is 18.2 Å². The molecule has 1 aromatic carbocycles. The topological polar surface area (TPSA) is 57.6 Å². The summed E-state index contributed by atoms with van der Waals surface area (Å²) in [6, 6.07) is 9.56. The van der Waals surface area contributed by atoms with Crippen LogP contribution in [-0.4, -0.2) is 33.8 Å².